The molecule has 0 saturated heterocycles. The van der Waals surface area contributed by atoms with Crippen molar-refractivity contribution in [3.63, 3.8) is 0 Å². The molecule has 0 heterocycles. The number of carbonyl (C=O) groups is 2. The maximum Gasteiger partial charge on any atom is 0.337 e. The molecule has 1 amide bonds. The van der Waals surface area contributed by atoms with Crippen molar-refractivity contribution in [2.75, 3.05) is 19.5 Å². The van der Waals surface area contributed by atoms with Gasteiger partial charge in [-0.2, -0.15) is 0 Å². The maximum atomic E-state index is 12.3. The normalized spacial score (nSPS) is 9.95. The zero-order valence-electron chi connectivity index (χ0n) is 12.1. The Labute approximate surface area is 132 Å². The fourth-order valence-corrected chi connectivity index (χ4v) is 2.05. The first kappa shape index (κ1) is 15.9. The minimum absolute atomic E-state index is 0.299. The van der Waals surface area contributed by atoms with Crippen molar-refractivity contribution in [3.05, 3.63) is 58.6 Å². The molecule has 0 fully saturated rings. The van der Waals surface area contributed by atoms with Gasteiger partial charge < -0.3 is 14.8 Å². The van der Waals surface area contributed by atoms with Crippen LogP contribution in [0.4, 0.5) is 5.69 Å². The standard InChI is InChI=1S/C16H14ClNO4/c1-21-14-7-6-12(17)9-13(14)18-15(19)10-4-3-5-11(8-10)16(20)22-2/h3-9H,1-2H3,(H,18,19). The lowest BCUT2D eigenvalue weighted by atomic mass is 10.1. The fourth-order valence-electron chi connectivity index (χ4n) is 1.88. The number of ether oxygens (including phenoxy) is 2. The number of halogens is 1. The minimum Gasteiger partial charge on any atom is -0.495 e. The second-order valence-electron chi connectivity index (χ2n) is 4.37. The number of methoxy groups -OCH3 is 2. The highest BCUT2D eigenvalue weighted by atomic mass is 35.5. The number of hydrogen-bond acceptors (Lipinski definition) is 4. The highest BCUT2D eigenvalue weighted by Gasteiger charge is 2.13. The molecule has 0 aliphatic carbocycles. The average molecular weight is 320 g/mol. The minimum atomic E-state index is -0.505. The number of amides is 1. The predicted octanol–water partition coefficient (Wildman–Crippen LogP) is 3.39. The molecule has 0 bridgehead atoms. The van der Waals surface area contributed by atoms with E-state index in [1.807, 2.05) is 0 Å². The Bertz CT molecular complexity index is 715. The number of hydrogen-bond donors (Lipinski definition) is 1. The van der Waals surface area contributed by atoms with Gasteiger partial charge in [0.2, 0.25) is 0 Å². The summed E-state index contributed by atoms with van der Waals surface area (Å²) in [5, 5.41) is 3.17. The molecule has 0 radical (unpaired) electrons. The van der Waals surface area contributed by atoms with E-state index in [1.54, 1.807) is 36.4 Å². The van der Waals surface area contributed by atoms with Gasteiger partial charge in [-0.3, -0.25) is 4.79 Å². The van der Waals surface area contributed by atoms with Crippen LogP contribution in [0.2, 0.25) is 5.02 Å². The quantitative estimate of drug-likeness (QED) is 0.877. The van der Waals surface area contributed by atoms with Gasteiger partial charge in [-0.15, -0.1) is 0 Å². The van der Waals surface area contributed by atoms with Crippen LogP contribution in [0.5, 0.6) is 5.75 Å². The van der Waals surface area contributed by atoms with E-state index in [2.05, 4.69) is 10.1 Å². The summed E-state index contributed by atoms with van der Waals surface area (Å²) < 4.78 is 9.80. The molecular weight excluding hydrogens is 306 g/mol. The molecule has 0 atom stereocenters. The van der Waals surface area contributed by atoms with Crippen LogP contribution in [0.25, 0.3) is 0 Å². The van der Waals surface area contributed by atoms with Gasteiger partial charge in [0, 0.05) is 10.6 Å². The van der Waals surface area contributed by atoms with Gasteiger partial charge in [-0.1, -0.05) is 17.7 Å². The molecule has 6 heteroatoms. The molecule has 2 aromatic carbocycles. The van der Waals surface area contributed by atoms with E-state index in [0.29, 0.717) is 27.6 Å². The lowest BCUT2D eigenvalue weighted by Gasteiger charge is -2.11. The first-order valence-corrected chi connectivity index (χ1v) is 6.76. The van der Waals surface area contributed by atoms with Crippen LogP contribution in [0.3, 0.4) is 0 Å². The highest BCUT2D eigenvalue weighted by molar-refractivity contribution is 6.31. The first-order chi connectivity index (χ1) is 10.5. The average Bonchev–Trinajstić information content (AvgIpc) is 2.54. The molecule has 2 aromatic rings. The van der Waals surface area contributed by atoms with Gasteiger partial charge in [-0.25, -0.2) is 4.79 Å². The molecule has 114 valence electrons. The smallest absolute Gasteiger partial charge is 0.337 e. The summed E-state index contributed by atoms with van der Waals surface area (Å²) in [5.74, 6) is -0.400. The highest BCUT2D eigenvalue weighted by Crippen LogP contribution is 2.28. The third-order valence-electron chi connectivity index (χ3n) is 2.96. The topological polar surface area (TPSA) is 64.6 Å². The third kappa shape index (κ3) is 3.56. The van der Waals surface area contributed by atoms with E-state index in [4.69, 9.17) is 16.3 Å². The van der Waals surface area contributed by atoms with Crippen molar-refractivity contribution in [1.29, 1.82) is 0 Å². The van der Waals surface area contributed by atoms with Gasteiger partial charge in [0.1, 0.15) is 5.75 Å². The molecule has 2 rings (SSSR count). The molecule has 1 N–H and O–H groups in total. The Balaban J connectivity index is 2.26. The summed E-state index contributed by atoms with van der Waals surface area (Å²) in [6.45, 7) is 0. The number of nitrogens with one attached hydrogen (secondary N) is 1. The number of carbonyl (C=O) groups excluding carboxylic acids is 2. The van der Waals surface area contributed by atoms with Gasteiger partial charge in [0.05, 0.1) is 25.5 Å². The van der Waals surface area contributed by atoms with Crippen LogP contribution >= 0.6 is 11.6 Å². The van der Waals surface area contributed by atoms with Crippen molar-refractivity contribution < 1.29 is 19.1 Å². The summed E-state index contributed by atoms with van der Waals surface area (Å²) in [5.41, 5.74) is 1.07. The summed E-state index contributed by atoms with van der Waals surface area (Å²) in [6.07, 6.45) is 0. The van der Waals surface area contributed by atoms with Gasteiger partial charge >= 0.3 is 5.97 Å². The van der Waals surface area contributed by atoms with Crippen molar-refractivity contribution >= 4 is 29.2 Å². The molecule has 5 nitrogen and oxygen atoms in total. The molecule has 0 aliphatic heterocycles. The maximum absolute atomic E-state index is 12.3. The second-order valence-corrected chi connectivity index (χ2v) is 4.81. The Hall–Kier alpha value is -2.53. The summed E-state index contributed by atoms with van der Waals surface area (Å²) in [6, 6.07) is 11.1. The van der Waals surface area contributed by atoms with Crippen LogP contribution < -0.4 is 10.1 Å². The van der Waals surface area contributed by atoms with Crippen LogP contribution in [-0.2, 0) is 4.74 Å². The zero-order valence-corrected chi connectivity index (χ0v) is 12.8. The van der Waals surface area contributed by atoms with E-state index >= 15 is 0 Å². The lowest BCUT2D eigenvalue weighted by molar-refractivity contribution is 0.0600. The largest absolute Gasteiger partial charge is 0.495 e. The van der Waals surface area contributed by atoms with E-state index in [-0.39, 0.29) is 5.91 Å². The number of anilines is 1. The van der Waals surface area contributed by atoms with Crippen molar-refractivity contribution in [2.45, 2.75) is 0 Å². The van der Waals surface area contributed by atoms with E-state index < -0.39 is 5.97 Å². The van der Waals surface area contributed by atoms with Gasteiger partial charge in [-0.05, 0) is 36.4 Å². The molecule has 0 spiro atoms. The molecule has 0 saturated carbocycles. The lowest BCUT2D eigenvalue weighted by Crippen LogP contribution is -2.13. The molecule has 0 aromatic heterocycles. The Morgan fingerprint density at radius 1 is 1.05 bits per heavy atom. The Morgan fingerprint density at radius 2 is 1.77 bits per heavy atom. The SMILES string of the molecule is COC(=O)c1cccc(C(=O)Nc2cc(Cl)ccc2OC)c1. The van der Waals surface area contributed by atoms with E-state index in [9.17, 15) is 9.59 Å². The van der Waals surface area contributed by atoms with Crippen LogP contribution in [0, 0.1) is 0 Å². The molecule has 0 aliphatic rings. The summed E-state index contributed by atoms with van der Waals surface area (Å²) >= 11 is 5.92. The Kier molecular flexibility index (Phi) is 5.01. The number of benzene rings is 2. The predicted molar refractivity (Wildman–Crippen MR) is 83.7 cm³/mol. The molecular formula is C16H14ClNO4. The van der Waals surface area contributed by atoms with Crippen LogP contribution in [0.1, 0.15) is 20.7 Å². The summed E-state index contributed by atoms with van der Waals surface area (Å²) in [7, 11) is 2.78. The molecule has 22 heavy (non-hydrogen) atoms. The van der Waals surface area contributed by atoms with Crippen LogP contribution in [-0.4, -0.2) is 26.1 Å². The Morgan fingerprint density at radius 3 is 2.45 bits per heavy atom. The third-order valence-corrected chi connectivity index (χ3v) is 3.19. The van der Waals surface area contributed by atoms with Gasteiger partial charge in [0.15, 0.2) is 0 Å². The zero-order chi connectivity index (χ0) is 16.1. The number of esters is 1. The van der Waals surface area contributed by atoms with Crippen molar-refractivity contribution in [3.8, 4) is 5.75 Å². The van der Waals surface area contributed by atoms with Crippen molar-refractivity contribution in [1.82, 2.24) is 0 Å². The summed E-state index contributed by atoms with van der Waals surface area (Å²) in [4.78, 5) is 23.8. The van der Waals surface area contributed by atoms with Crippen LogP contribution in [0.15, 0.2) is 42.5 Å². The molecule has 0 unspecified atom stereocenters. The van der Waals surface area contributed by atoms with Crippen molar-refractivity contribution in [2.24, 2.45) is 0 Å². The van der Waals surface area contributed by atoms with Gasteiger partial charge in [0.25, 0.3) is 5.91 Å². The second kappa shape index (κ2) is 6.95. The monoisotopic (exact) mass is 319 g/mol. The van der Waals surface area contributed by atoms with E-state index in [0.717, 1.165) is 0 Å². The fraction of sp³-hybridized carbons (Fsp3) is 0.125. The first-order valence-electron chi connectivity index (χ1n) is 6.38. The number of rotatable bonds is 4. The van der Waals surface area contributed by atoms with E-state index in [1.165, 1.54) is 20.3 Å².